The second kappa shape index (κ2) is 9.61. The molecule has 2 rings (SSSR count). The van der Waals surface area contributed by atoms with E-state index in [1.54, 1.807) is 24.3 Å². The molecule has 0 amide bonds. The quantitative estimate of drug-likeness (QED) is 0.606. The molecule has 1 aromatic rings. The highest BCUT2D eigenvalue weighted by molar-refractivity contribution is 7.86. The molecular formula is C18H29N3O5S. The fourth-order valence-electron chi connectivity index (χ4n) is 2.86. The summed E-state index contributed by atoms with van der Waals surface area (Å²) >= 11 is 0. The Bertz CT molecular complexity index is 713. The highest BCUT2D eigenvalue weighted by atomic mass is 32.2. The first kappa shape index (κ1) is 21.8. The van der Waals surface area contributed by atoms with Crippen LogP contribution < -0.4 is 4.74 Å². The minimum absolute atomic E-state index is 0.0806. The Morgan fingerprint density at radius 2 is 1.78 bits per heavy atom. The molecule has 1 atom stereocenters. The Labute approximate surface area is 161 Å². The van der Waals surface area contributed by atoms with Gasteiger partial charge in [-0.15, -0.1) is 0 Å². The third-order valence-corrected chi connectivity index (χ3v) is 6.47. The number of hydrogen-bond donors (Lipinski definition) is 1. The van der Waals surface area contributed by atoms with E-state index in [9.17, 15) is 18.3 Å². The van der Waals surface area contributed by atoms with Crippen LogP contribution in [0.4, 0.5) is 0 Å². The van der Waals surface area contributed by atoms with Gasteiger partial charge in [0.25, 0.3) is 10.2 Å². The number of hydrogen-bond acceptors (Lipinski definition) is 6. The van der Waals surface area contributed by atoms with Gasteiger partial charge in [-0.1, -0.05) is 6.92 Å². The molecule has 0 saturated carbocycles. The number of carbonyl (C=O) groups is 1. The lowest BCUT2D eigenvalue weighted by molar-refractivity contribution is 0.0564. The SMILES string of the molecule is CCC(=O)c1ccc(OC[C@@H](O)CN2CCN(S(=O)(=O)N(C)C)CC2)cc1. The molecule has 27 heavy (non-hydrogen) atoms. The molecule has 1 N–H and O–H groups in total. The molecule has 8 nitrogen and oxygen atoms in total. The largest absolute Gasteiger partial charge is 0.491 e. The fourth-order valence-corrected chi connectivity index (χ4v) is 3.94. The van der Waals surface area contributed by atoms with Crippen LogP contribution in [-0.4, -0.2) is 92.3 Å². The molecule has 1 aliphatic rings. The van der Waals surface area contributed by atoms with E-state index in [0.717, 1.165) is 0 Å². The van der Waals surface area contributed by atoms with Crippen molar-refractivity contribution in [3.8, 4) is 5.75 Å². The Balaban J connectivity index is 1.75. The lowest BCUT2D eigenvalue weighted by Crippen LogP contribution is -2.53. The molecule has 1 saturated heterocycles. The van der Waals surface area contributed by atoms with Crippen molar-refractivity contribution >= 4 is 16.0 Å². The van der Waals surface area contributed by atoms with E-state index in [1.807, 2.05) is 11.8 Å². The van der Waals surface area contributed by atoms with Crippen molar-refractivity contribution in [2.75, 3.05) is 53.4 Å². The Morgan fingerprint density at radius 1 is 1.19 bits per heavy atom. The van der Waals surface area contributed by atoms with Crippen molar-refractivity contribution in [1.82, 2.24) is 13.5 Å². The summed E-state index contributed by atoms with van der Waals surface area (Å²) in [5.74, 6) is 0.681. The zero-order valence-electron chi connectivity index (χ0n) is 16.2. The lowest BCUT2D eigenvalue weighted by Gasteiger charge is -2.35. The molecule has 0 aliphatic carbocycles. The van der Waals surface area contributed by atoms with Crippen LogP contribution in [0.15, 0.2) is 24.3 Å². The first-order valence-corrected chi connectivity index (χ1v) is 10.5. The number of nitrogens with zero attached hydrogens (tertiary/aromatic N) is 3. The smallest absolute Gasteiger partial charge is 0.281 e. The van der Waals surface area contributed by atoms with Crippen molar-refractivity contribution in [3.63, 3.8) is 0 Å². The number of β-amino-alcohol motifs (C(OH)–C–C–N with tert-alkyl or cyclic N) is 1. The van der Waals surface area contributed by atoms with Gasteiger partial charge in [0.15, 0.2) is 5.78 Å². The van der Waals surface area contributed by atoms with Crippen molar-refractivity contribution in [3.05, 3.63) is 29.8 Å². The van der Waals surface area contributed by atoms with Crippen molar-refractivity contribution < 1.29 is 23.1 Å². The molecule has 1 heterocycles. The maximum absolute atomic E-state index is 12.1. The van der Waals surface area contributed by atoms with Gasteiger partial charge in [-0.2, -0.15) is 17.0 Å². The van der Waals surface area contributed by atoms with Gasteiger partial charge in [0.05, 0.1) is 0 Å². The number of carbonyl (C=O) groups excluding carboxylic acids is 1. The minimum atomic E-state index is -3.38. The first-order valence-electron chi connectivity index (χ1n) is 9.08. The van der Waals surface area contributed by atoms with E-state index in [1.165, 1.54) is 22.7 Å². The zero-order chi connectivity index (χ0) is 20.0. The second-order valence-corrected chi connectivity index (χ2v) is 8.90. The van der Waals surface area contributed by atoms with Crippen LogP contribution >= 0.6 is 0 Å². The summed E-state index contributed by atoms with van der Waals surface area (Å²) in [6, 6.07) is 6.89. The number of ketones is 1. The first-order chi connectivity index (χ1) is 12.7. The van der Waals surface area contributed by atoms with Crippen LogP contribution in [0.3, 0.4) is 0 Å². The third kappa shape index (κ3) is 5.98. The molecule has 0 radical (unpaired) electrons. The van der Waals surface area contributed by atoms with Crippen molar-refractivity contribution in [2.45, 2.75) is 19.4 Å². The molecule has 0 aromatic heterocycles. The van der Waals surface area contributed by atoms with Gasteiger partial charge in [-0.25, -0.2) is 0 Å². The van der Waals surface area contributed by atoms with Crippen molar-refractivity contribution in [2.24, 2.45) is 0 Å². The van der Waals surface area contributed by atoms with Crippen LogP contribution in [0, 0.1) is 0 Å². The summed E-state index contributed by atoms with van der Waals surface area (Å²) in [6.07, 6.45) is -0.221. The van der Waals surface area contributed by atoms with Crippen LogP contribution in [0.1, 0.15) is 23.7 Å². The zero-order valence-corrected chi connectivity index (χ0v) is 17.0. The van der Waals surface area contributed by atoms with Gasteiger partial charge < -0.3 is 9.84 Å². The highest BCUT2D eigenvalue weighted by Gasteiger charge is 2.29. The summed E-state index contributed by atoms with van der Waals surface area (Å²) in [5, 5.41) is 10.2. The summed E-state index contributed by atoms with van der Waals surface area (Å²) in [6.45, 7) is 4.32. The summed E-state index contributed by atoms with van der Waals surface area (Å²) in [7, 11) is -0.338. The molecule has 152 valence electrons. The number of piperazine rings is 1. The number of aliphatic hydroxyl groups is 1. The summed E-state index contributed by atoms with van der Waals surface area (Å²) < 4.78 is 32.5. The summed E-state index contributed by atoms with van der Waals surface area (Å²) in [4.78, 5) is 13.6. The van der Waals surface area contributed by atoms with E-state index < -0.39 is 16.3 Å². The molecule has 0 bridgehead atoms. The van der Waals surface area contributed by atoms with Gasteiger partial charge in [0, 0.05) is 58.8 Å². The number of benzene rings is 1. The lowest BCUT2D eigenvalue weighted by atomic mass is 10.1. The van der Waals surface area contributed by atoms with E-state index >= 15 is 0 Å². The number of Topliss-reactive ketones (excluding diaryl/α,β-unsaturated/α-hetero) is 1. The van der Waals surface area contributed by atoms with Crippen molar-refractivity contribution in [1.29, 1.82) is 0 Å². The molecule has 1 aromatic carbocycles. The monoisotopic (exact) mass is 399 g/mol. The van der Waals surface area contributed by atoms with Gasteiger partial charge >= 0.3 is 0 Å². The average Bonchev–Trinajstić information content (AvgIpc) is 2.66. The normalized spacial score (nSPS) is 17.8. The van der Waals surface area contributed by atoms with E-state index in [-0.39, 0.29) is 12.4 Å². The number of rotatable bonds is 9. The Morgan fingerprint density at radius 3 is 2.30 bits per heavy atom. The standard InChI is InChI=1S/C18H29N3O5S/c1-4-18(23)15-5-7-17(8-6-15)26-14-16(22)13-20-9-11-21(12-10-20)27(24,25)19(2)3/h5-8,16,22H,4,9-14H2,1-3H3/t16-/m0/s1. The van der Waals surface area contributed by atoms with Crippen LogP contribution in [-0.2, 0) is 10.2 Å². The van der Waals surface area contributed by atoms with E-state index in [4.69, 9.17) is 4.74 Å². The summed E-state index contributed by atoms with van der Waals surface area (Å²) in [5.41, 5.74) is 0.649. The molecule has 0 spiro atoms. The predicted molar refractivity (Wildman–Crippen MR) is 103 cm³/mol. The number of ether oxygens (including phenoxy) is 1. The molecule has 9 heteroatoms. The molecule has 1 aliphatic heterocycles. The second-order valence-electron chi connectivity index (χ2n) is 6.76. The predicted octanol–water partition coefficient (Wildman–Crippen LogP) is 0.443. The maximum atomic E-state index is 12.1. The van der Waals surface area contributed by atoms with Gasteiger partial charge in [-0.3, -0.25) is 9.69 Å². The van der Waals surface area contributed by atoms with E-state index in [2.05, 4.69) is 0 Å². The minimum Gasteiger partial charge on any atom is -0.491 e. The van der Waals surface area contributed by atoms with Crippen LogP contribution in [0.2, 0.25) is 0 Å². The van der Waals surface area contributed by atoms with Crippen LogP contribution in [0.5, 0.6) is 5.75 Å². The maximum Gasteiger partial charge on any atom is 0.281 e. The Kier molecular flexibility index (Phi) is 7.75. The van der Waals surface area contributed by atoms with Gasteiger partial charge in [-0.05, 0) is 24.3 Å². The third-order valence-electron chi connectivity index (χ3n) is 4.53. The molecule has 0 unspecified atom stereocenters. The molecular weight excluding hydrogens is 370 g/mol. The Hall–Kier alpha value is -1.52. The highest BCUT2D eigenvalue weighted by Crippen LogP contribution is 2.14. The fraction of sp³-hybridized carbons (Fsp3) is 0.611. The van der Waals surface area contributed by atoms with Gasteiger partial charge in [0.2, 0.25) is 0 Å². The number of aliphatic hydroxyl groups excluding tert-OH is 1. The average molecular weight is 400 g/mol. The van der Waals surface area contributed by atoms with Crippen LogP contribution in [0.25, 0.3) is 0 Å². The molecule has 1 fully saturated rings. The van der Waals surface area contributed by atoms with Gasteiger partial charge in [0.1, 0.15) is 18.5 Å². The topological polar surface area (TPSA) is 90.4 Å². The van der Waals surface area contributed by atoms with E-state index in [0.29, 0.717) is 50.5 Å².